The van der Waals surface area contributed by atoms with Gasteiger partial charge in [-0.05, 0) is 68.1 Å². The molecule has 0 radical (unpaired) electrons. The molecule has 2 rings (SSSR count). The van der Waals surface area contributed by atoms with E-state index in [4.69, 9.17) is 0 Å². The first-order valence-corrected chi connectivity index (χ1v) is 8.94. The Morgan fingerprint density at radius 3 is 2.29 bits per heavy atom. The smallest absolute Gasteiger partial charge is 0.0843 e. The minimum Gasteiger partial charge on any atom is -0.131 e. The van der Waals surface area contributed by atoms with Gasteiger partial charge in [0.05, 0.1) is 8.61 Å². The molecule has 1 heterocycles. The highest BCUT2D eigenvalue weighted by atomic mass is 79.9. The van der Waals surface area contributed by atoms with Crippen LogP contribution in [0.25, 0.3) is 0 Å². The molecule has 0 aliphatic carbocycles. The number of alkyl halides is 1. The predicted molar refractivity (Wildman–Crippen MR) is 89.4 cm³/mol. The van der Waals surface area contributed by atoms with Gasteiger partial charge in [0.2, 0.25) is 0 Å². The number of rotatable bonds is 2. The SMILES string of the molecule is Cc1cc(Br)cc(C(Br)c2cc(Br)c(Br)s2)c1. The highest BCUT2D eigenvalue weighted by Crippen LogP contribution is 2.41. The molecule has 1 unspecified atom stereocenters. The summed E-state index contributed by atoms with van der Waals surface area (Å²) in [4.78, 5) is 1.51. The molecule has 5 heteroatoms. The van der Waals surface area contributed by atoms with E-state index in [-0.39, 0.29) is 4.83 Å². The normalized spacial score (nSPS) is 12.8. The summed E-state index contributed by atoms with van der Waals surface area (Å²) in [5, 5.41) is 0. The van der Waals surface area contributed by atoms with E-state index in [0.717, 1.165) is 12.7 Å². The van der Waals surface area contributed by atoms with Crippen LogP contribution in [0.15, 0.2) is 37.0 Å². The molecule has 17 heavy (non-hydrogen) atoms. The van der Waals surface area contributed by atoms with Crippen molar-refractivity contribution in [3.63, 3.8) is 0 Å². The zero-order valence-corrected chi connectivity index (χ0v) is 16.0. The molecule has 2 aromatic rings. The molecular formula is C12H8Br4S. The molecule has 1 aromatic heterocycles. The highest BCUT2D eigenvalue weighted by Gasteiger charge is 2.15. The average Bonchev–Trinajstić information content (AvgIpc) is 2.57. The zero-order valence-electron chi connectivity index (χ0n) is 8.81. The maximum Gasteiger partial charge on any atom is 0.0843 e. The lowest BCUT2D eigenvalue weighted by Crippen LogP contribution is -1.90. The van der Waals surface area contributed by atoms with E-state index in [9.17, 15) is 0 Å². The Labute approximate surface area is 138 Å². The molecule has 0 nitrogen and oxygen atoms in total. The van der Waals surface area contributed by atoms with Crippen LogP contribution in [-0.2, 0) is 0 Å². The third kappa shape index (κ3) is 3.44. The molecule has 1 aromatic carbocycles. The summed E-state index contributed by atoms with van der Waals surface area (Å²) in [5.41, 5.74) is 2.52. The van der Waals surface area contributed by atoms with Crippen LogP contribution in [0.4, 0.5) is 0 Å². The summed E-state index contributed by atoms with van der Waals surface area (Å²) in [7, 11) is 0. The van der Waals surface area contributed by atoms with Crippen LogP contribution in [-0.4, -0.2) is 0 Å². The van der Waals surface area contributed by atoms with Crippen molar-refractivity contribution in [2.24, 2.45) is 0 Å². The summed E-state index contributed by atoms with van der Waals surface area (Å²) < 4.78 is 3.35. The van der Waals surface area contributed by atoms with Gasteiger partial charge < -0.3 is 0 Å². The quantitative estimate of drug-likeness (QED) is 0.394. The van der Waals surface area contributed by atoms with Gasteiger partial charge in [0.15, 0.2) is 0 Å². The number of benzene rings is 1. The second kappa shape index (κ2) is 5.87. The Morgan fingerprint density at radius 1 is 1.06 bits per heavy atom. The van der Waals surface area contributed by atoms with Gasteiger partial charge in [-0.2, -0.15) is 0 Å². The molecule has 0 spiro atoms. The van der Waals surface area contributed by atoms with Gasteiger partial charge in [0.25, 0.3) is 0 Å². The van der Waals surface area contributed by atoms with Gasteiger partial charge in [-0.1, -0.05) is 37.9 Å². The molecule has 0 aliphatic heterocycles. The number of hydrogen-bond donors (Lipinski definition) is 0. The fourth-order valence-corrected chi connectivity index (χ4v) is 4.96. The Hall–Kier alpha value is 0.840. The van der Waals surface area contributed by atoms with Crippen LogP contribution < -0.4 is 0 Å². The van der Waals surface area contributed by atoms with Gasteiger partial charge in [-0.25, -0.2) is 0 Å². The van der Waals surface area contributed by atoms with Gasteiger partial charge in [0, 0.05) is 13.8 Å². The van der Waals surface area contributed by atoms with Crippen LogP contribution in [0, 0.1) is 6.92 Å². The summed E-state index contributed by atoms with van der Waals surface area (Å²) in [6, 6.07) is 8.60. The van der Waals surface area contributed by atoms with Crippen molar-refractivity contribution in [1.82, 2.24) is 0 Å². The van der Waals surface area contributed by atoms with Crippen LogP contribution in [0.1, 0.15) is 20.8 Å². The van der Waals surface area contributed by atoms with E-state index in [1.165, 1.54) is 16.0 Å². The predicted octanol–water partition coefficient (Wildman–Crippen LogP) is 6.83. The van der Waals surface area contributed by atoms with Crippen LogP contribution >= 0.6 is 75.1 Å². The molecule has 0 amide bonds. The minimum absolute atomic E-state index is 0.228. The topological polar surface area (TPSA) is 0 Å². The Bertz CT molecular complexity index is 508. The van der Waals surface area contributed by atoms with Gasteiger partial charge in [0.1, 0.15) is 0 Å². The second-order valence-electron chi connectivity index (χ2n) is 3.69. The van der Waals surface area contributed by atoms with Crippen LogP contribution in [0.5, 0.6) is 0 Å². The molecule has 0 N–H and O–H groups in total. The number of thiophene rings is 1. The highest BCUT2D eigenvalue weighted by molar-refractivity contribution is 9.13. The molecular weight excluding hydrogens is 496 g/mol. The number of hydrogen-bond acceptors (Lipinski definition) is 1. The van der Waals surface area contributed by atoms with Crippen molar-refractivity contribution in [3.05, 3.63) is 53.0 Å². The third-order valence-corrected chi connectivity index (χ3v) is 7.38. The van der Waals surface area contributed by atoms with Crippen molar-refractivity contribution in [3.8, 4) is 0 Å². The lowest BCUT2D eigenvalue weighted by molar-refractivity contribution is 1.20. The van der Waals surface area contributed by atoms with E-state index < -0.39 is 0 Å². The second-order valence-corrected chi connectivity index (χ2v) is 8.78. The average molecular weight is 504 g/mol. The Balaban J connectivity index is 2.39. The molecule has 0 aliphatic rings. The number of aryl methyl sites for hydroxylation is 1. The summed E-state index contributed by atoms with van der Waals surface area (Å²) >= 11 is 16.1. The van der Waals surface area contributed by atoms with Crippen molar-refractivity contribution in [1.29, 1.82) is 0 Å². The van der Waals surface area contributed by atoms with E-state index in [1.807, 2.05) is 0 Å². The first kappa shape index (κ1) is 14.3. The zero-order chi connectivity index (χ0) is 12.6. The fourth-order valence-electron chi connectivity index (χ4n) is 1.56. The van der Waals surface area contributed by atoms with Crippen LogP contribution in [0.2, 0.25) is 0 Å². The lowest BCUT2D eigenvalue weighted by atomic mass is 10.1. The van der Waals surface area contributed by atoms with E-state index >= 15 is 0 Å². The lowest BCUT2D eigenvalue weighted by Gasteiger charge is -2.09. The Kier molecular flexibility index (Phi) is 4.92. The van der Waals surface area contributed by atoms with Crippen molar-refractivity contribution in [2.45, 2.75) is 11.8 Å². The largest absolute Gasteiger partial charge is 0.131 e. The first-order chi connectivity index (χ1) is 7.97. The molecule has 0 bridgehead atoms. The molecule has 1 atom stereocenters. The number of halogens is 4. The van der Waals surface area contributed by atoms with Gasteiger partial charge in [-0.3, -0.25) is 0 Å². The molecule has 0 fully saturated rings. The third-order valence-electron chi connectivity index (χ3n) is 2.27. The maximum absolute atomic E-state index is 3.76. The summed E-state index contributed by atoms with van der Waals surface area (Å²) in [6.45, 7) is 2.11. The molecule has 90 valence electrons. The first-order valence-electron chi connectivity index (χ1n) is 4.83. The van der Waals surface area contributed by atoms with Gasteiger partial charge in [-0.15, -0.1) is 11.3 Å². The fraction of sp³-hybridized carbons (Fsp3) is 0.167. The van der Waals surface area contributed by atoms with Crippen molar-refractivity contribution in [2.75, 3.05) is 0 Å². The minimum atomic E-state index is 0.228. The van der Waals surface area contributed by atoms with Gasteiger partial charge >= 0.3 is 0 Å². The monoisotopic (exact) mass is 500 g/mol. The molecule has 0 saturated heterocycles. The van der Waals surface area contributed by atoms with Crippen LogP contribution in [0.3, 0.4) is 0 Å². The van der Waals surface area contributed by atoms with Crippen molar-refractivity contribution < 1.29 is 0 Å². The van der Waals surface area contributed by atoms with Crippen molar-refractivity contribution >= 4 is 75.1 Å². The van der Waals surface area contributed by atoms with E-state index in [0.29, 0.717) is 0 Å². The summed E-state index contributed by atoms with van der Waals surface area (Å²) in [5.74, 6) is 0. The van der Waals surface area contributed by atoms with E-state index in [2.05, 4.69) is 94.9 Å². The van der Waals surface area contributed by atoms with E-state index in [1.54, 1.807) is 11.3 Å². The Morgan fingerprint density at radius 2 is 1.76 bits per heavy atom. The maximum atomic E-state index is 3.76. The summed E-state index contributed by atoms with van der Waals surface area (Å²) in [6.07, 6.45) is 0. The molecule has 0 saturated carbocycles. The standard InChI is InChI=1S/C12H8Br4S/c1-6-2-7(4-8(13)3-6)11(15)10-5-9(14)12(16)17-10/h2-5,11H,1H3.